The summed E-state index contributed by atoms with van der Waals surface area (Å²) < 4.78 is 4.60. The summed E-state index contributed by atoms with van der Waals surface area (Å²) in [5, 5.41) is -0.00926. The van der Waals surface area contributed by atoms with Crippen LogP contribution >= 0.6 is 11.8 Å². The minimum Gasteiger partial charge on any atom is -0.468 e. The summed E-state index contributed by atoms with van der Waals surface area (Å²) in [5.41, 5.74) is 0. The predicted octanol–water partition coefficient (Wildman–Crippen LogP) is 1.55. The van der Waals surface area contributed by atoms with E-state index in [4.69, 9.17) is 0 Å². The first-order valence-electron chi connectivity index (χ1n) is 3.24. The van der Waals surface area contributed by atoms with E-state index >= 15 is 0 Å². The standard InChI is InChI=1S/C7H14O2S/c1-5(2)6(10-4)7(8)9-3/h5-6H,1-4H3. The molecule has 0 saturated heterocycles. The lowest BCUT2D eigenvalue weighted by Gasteiger charge is -2.14. The number of methoxy groups -OCH3 is 1. The zero-order valence-electron chi connectivity index (χ0n) is 6.88. The molecule has 3 heteroatoms. The minimum atomic E-state index is -0.123. The molecule has 2 nitrogen and oxygen atoms in total. The second kappa shape index (κ2) is 4.61. The minimum absolute atomic E-state index is 0.00926. The Morgan fingerprint density at radius 3 is 2.10 bits per heavy atom. The maximum absolute atomic E-state index is 10.9. The summed E-state index contributed by atoms with van der Waals surface area (Å²) in [6, 6.07) is 0. The molecule has 0 aromatic carbocycles. The fourth-order valence-corrected chi connectivity index (χ4v) is 1.59. The number of hydrogen-bond acceptors (Lipinski definition) is 3. The van der Waals surface area contributed by atoms with Gasteiger partial charge in [-0.2, -0.15) is 0 Å². The first-order chi connectivity index (χ1) is 4.63. The highest BCUT2D eigenvalue weighted by Gasteiger charge is 2.20. The van der Waals surface area contributed by atoms with Gasteiger partial charge in [0.15, 0.2) is 0 Å². The van der Waals surface area contributed by atoms with E-state index in [-0.39, 0.29) is 11.2 Å². The number of carbonyl (C=O) groups excluding carboxylic acids is 1. The van der Waals surface area contributed by atoms with Crippen LogP contribution in [0.2, 0.25) is 0 Å². The molecular weight excluding hydrogens is 148 g/mol. The van der Waals surface area contributed by atoms with Crippen molar-refractivity contribution in [3.63, 3.8) is 0 Å². The summed E-state index contributed by atoms with van der Waals surface area (Å²) in [4.78, 5) is 10.9. The molecule has 0 aliphatic carbocycles. The zero-order chi connectivity index (χ0) is 8.15. The molecule has 0 N–H and O–H groups in total. The van der Waals surface area contributed by atoms with Gasteiger partial charge in [0, 0.05) is 0 Å². The van der Waals surface area contributed by atoms with E-state index in [0.717, 1.165) is 0 Å². The van der Waals surface area contributed by atoms with E-state index in [1.54, 1.807) is 0 Å². The van der Waals surface area contributed by atoms with Gasteiger partial charge >= 0.3 is 5.97 Å². The monoisotopic (exact) mass is 162 g/mol. The van der Waals surface area contributed by atoms with Gasteiger partial charge in [-0.15, -0.1) is 11.8 Å². The summed E-state index contributed by atoms with van der Waals surface area (Å²) in [7, 11) is 1.42. The second-order valence-electron chi connectivity index (χ2n) is 2.42. The zero-order valence-corrected chi connectivity index (χ0v) is 7.70. The molecule has 1 unspecified atom stereocenters. The van der Waals surface area contributed by atoms with Crippen molar-refractivity contribution in [3.05, 3.63) is 0 Å². The van der Waals surface area contributed by atoms with Gasteiger partial charge in [-0.3, -0.25) is 4.79 Å². The van der Waals surface area contributed by atoms with Gasteiger partial charge in [0.2, 0.25) is 0 Å². The molecule has 0 radical (unpaired) electrons. The maximum atomic E-state index is 10.9. The van der Waals surface area contributed by atoms with Crippen molar-refractivity contribution in [1.29, 1.82) is 0 Å². The van der Waals surface area contributed by atoms with Crippen LogP contribution in [0.4, 0.5) is 0 Å². The number of rotatable bonds is 3. The molecule has 1 atom stereocenters. The average Bonchev–Trinajstić information content (AvgIpc) is 1.88. The number of hydrogen-bond donors (Lipinski definition) is 0. The maximum Gasteiger partial charge on any atom is 0.319 e. The van der Waals surface area contributed by atoms with Crippen LogP contribution in [0.1, 0.15) is 13.8 Å². The molecular formula is C7H14O2S. The number of carbonyl (C=O) groups is 1. The van der Waals surface area contributed by atoms with Crippen LogP contribution in [0.5, 0.6) is 0 Å². The van der Waals surface area contributed by atoms with Crippen molar-refractivity contribution < 1.29 is 9.53 Å². The Labute approximate surface area is 66.3 Å². The van der Waals surface area contributed by atoms with Gasteiger partial charge in [0.05, 0.1) is 7.11 Å². The molecule has 0 saturated carbocycles. The molecule has 0 amide bonds. The van der Waals surface area contributed by atoms with E-state index in [1.165, 1.54) is 18.9 Å². The average molecular weight is 162 g/mol. The summed E-state index contributed by atoms with van der Waals surface area (Å²) >= 11 is 1.54. The van der Waals surface area contributed by atoms with Gasteiger partial charge in [-0.05, 0) is 12.2 Å². The van der Waals surface area contributed by atoms with Crippen molar-refractivity contribution in [2.75, 3.05) is 13.4 Å². The van der Waals surface area contributed by atoms with Crippen molar-refractivity contribution in [1.82, 2.24) is 0 Å². The Morgan fingerprint density at radius 2 is 2.00 bits per heavy atom. The Kier molecular flexibility index (Phi) is 4.52. The fraction of sp³-hybridized carbons (Fsp3) is 0.857. The lowest BCUT2D eigenvalue weighted by molar-refractivity contribution is -0.140. The van der Waals surface area contributed by atoms with Crippen LogP contribution in [0.25, 0.3) is 0 Å². The number of thioether (sulfide) groups is 1. The third kappa shape index (κ3) is 2.60. The van der Waals surface area contributed by atoms with E-state index < -0.39 is 0 Å². The summed E-state index contributed by atoms with van der Waals surface area (Å²) in [5.74, 6) is 0.227. The first kappa shape index (κ1) is 9.82. The van der Waals surface area contributed by atoms with Gasteiger partial charge < -0.3 is 4.74 Å². The Morgan fingerprint density at radius 1 is 1.50 bits per heavy atom. The molecule has 60 valence electrons. The Bertz CT molecular complexity index is 112. The summed E-state index contributed by atoms with van der Waals surface area (Å²) in [6.45, 7) is 4.02. The van der Waals surface area contributed by atoms with Gasteiger partial charge in [0.1, 0.15) is 5.25 Å². The van der Waals surface area contributed by atoms with Crippen LogP contribution in [0, 0.1) is 5.92 Å². The molecule has 0 spiro atoms. The van der Waals surface area contributed by atoms with Crippen molar-refractivity contribution in [3.8, 4) is 0 Å². The van der Waals surface area contributed by atoms with Crippen molar-refractivity contribution in [2.45, 2.75) is 19.1 Å². The third-order valence-corrected chi connectivity index (χ3v) is 2.54. The lowest BCUT2D eigenvalue weighted by atomic mass is 10.1. The van der Waals surface area contributed by atoms with Crippen LogP contribution in [-0.2, 0) is 9.53 Å². The quantitative estimate of drug-likeness (QED) is 0.589. The lowest BCUT2D eigenvalue weighted by Crippen LogP contribution is -2.23. The third-order valence-electron chi connectivity index (χ3n) is 1.29. The highest BCUT2D eigenvalue weighted by atomic mass is 32.2. The smallest absolute Gasteiger partial charge is 0.319 e. The molecule has 0 heterocycles. The Hall–Kier alpha value is -0.180. The predicted molar refractivity (Wildman–Crippen MR) is 44.2 cm³/mol. The highest BCUT2D eigenvalue weighted by Crippen LogP contribution is 2.17. The SMILES string of the molecule is COC(=O)C(SC)C(C)C. The van der Waals surface area contributed by atoms with Crippen LogP contribution in [0.3, 0.4) is 0 Å². The normalized spacial score (nSPS) is 13.3. The van der Waals surface area contributed by atoms with Crippen LogP contribution in [-0.4, -0.2) is 24.6 Å². The van der Waals surface area contributed by atoms with Gasteiger partial charge in [0.25, 0.3) is 0 Å². The molecule has 0 bridgehead atoms. The van der Waals surface area contributed by atoms with E-state index in [1.807, 2.05) is 20.1 Å². The number of esters is 1. The largest absolute Gasteiger partial charge is 0.468 e. The summed E-state index contributed by atoms with van der Waals surface area (Å²) in [6.07, 6.45) is 1.92. The second-order valence-corrected chi connectivity index (χ2v) is 3.40. The van der Waals surface area contributed by atoms with Gasteiger partial charge in [-0.25, -0.2) is 0 Å². The topological polar surface area (TPSA) is 26.3 Å². The van der Waals surface area contributed by atoms with Crippen molar-refractivity contribution >= 4 is 17.7 Å². The Balaban J connectivity index is 3.93. The highest BCUT2D eigenvalue weighted by molar-refractivity contribution is 7.99. The number of ether oxygens (including phenoxy) is 1. The van der Waals surface area contributed by atoms with Crippen LogP contribution < -0.4 is 0 Å². The van der Waals surface area contributed by atoms with E-state index in [9.17, 15) is 4.79 Å². The molecule has 0 aliphatic rings. The van der Waals surface area contributed by atoms with Crippen molar-refractivity contribution in [2.24, 2.45) is 5.92 Å². The molecule has 0 aliphatic heterocycles. The fourth-order valence-electron chi connectivity index (χ4n) is 0.757. The van der Waals surface area contributed by atoms with E-state index in [0.29, 0.717) is 5.92 Å². The molecule has 0 aromatic rings. The molecule has 0 fully saturated rings. The van der Waals surface area contributed by atoms with E-state index in [2.05, 4.69) is 4.74 Å². The van der Waals surface area contributed by atoms with Gasteiger partial charge in [-0.1, -0.05) is 13.8 Å². The van der Waals surface area contributed by atoms with Crippen LogP contribution in [0.15, 0.2) is 0 Å². The molecule has 0 aromatic heterocycles. The molecule has 10 heavy (non-hydrogen) atoms. The first-order valence-corrected chi connectivity index (χ1v) is 4.53. The molecule has 0 rings (SSSR count).